The second kappa shape index (κ2) is 6.22. The number of likely N-dealkylation sites (N-methyl/N-ethyl adjacent to an activating group) is 1. The molecule has 4 amide bonds. The van der Waals surface area contributed by atoms with E-state index in [0.717, 1.165) is 10.5 Å². The summed E-state index contributed by atoms with van der Waals surface area (Å²) in [5, 5.41) is 2.75. The van der Waals surface area contributed by atoms with E-state index in [1.165, 1.54) is 19.2 Å². The van der Waals surface area contributed by atoms with E-state index >= 15 is 0 Å². The van der Waals surface area contributed by atoms with Gasteiger partial charge in [0.2, 0.25) is 5.91 Å². The topological polar surface area (TPSA) is 69.7 Å². The summed E-state index contributed by atoms with van der Waals surface area (Å²) in [6.45, 7) is 0.865. The lowest BCUT2D eigenvalue weighted by Gasteiger charge is -2.37. The molecule has 1 aromatic rings. The fraction of sp³-hybridized carbons (Fsp3) is 0.471. The monoisotopic (exact) mass is 333 g/mol. The molecular weight excluding hydrogens is 313 g/mol. The largest absolute Gasteiger partial charge is 0.342 e. The van der Waals surface area contributed by atoms with E-state index in [-0.39, 0.29) is 23.7 Å². The molecule has 1 N–H and O–H groups in total. The number of urea groups is 1. The van der Waals surface area contributed by atoms with Crippen LogP contribution in [0.5, 0.6) is 0 Å². The Labute approximate surface area is 139 Å². The summed E-state index contributed by atoms with van der Waals surface area (Å²) < 4.78 is 13.1. The van der Waals surface area contributed by atoms with Crippen molar-refractivity contribution in [2.24, 2.45) is 0 Å². The number of benzene rings is 1. The number of carbonyl (C=O) groups is 3. The van der Waals surface area contributed by atoms with Gasteiger partial charge in [0.15, 0.2) is 0 Å². The van der Waals surface area contributed by atoms with Gasteiger partial charge in [0.25, 0.3) is 5.91 Å². The first-order valence-electron chi connectivity index (χ1n) is 8.04. The van der Waals surface area contributed by atoms with Crippen molar-refractivity contribution in [3.05, 3.63) is 35.6 Å². The highest BCUT2D eigenvalue weighted by Crippen LogP contribution is 2.29. The minimum atomic E-state index is -0.856. The minimum absolute atomic E-state index is 0.0146. The highest BCUT2D eigenvalue weighted by molar-refractivity contribution is 6.06. The number of rotatable bonds is 3. The molecule has 0 unspecified atom stereocenters. The summed E-state index contributed by atoms with van der Waals surface area (Å²) >= 11 is 0. The molecule has 0 radical (unpaired) electrons. The molecule has 2 heterocycles. The number of imide groups is 1. The number of carbonyl (C=O) groups excluding carboxylic acids is 3. The van der Waals surface area contributed by atoms with Gasteiger partial charge in [-0.15, -0.1) is 0 Å². The van der Waals surface area contributed by atoms with Gasteiger partial charge in [-0.05, 0) is 37.0 Å². The Kier molecular flexibility index (Phi) is 4.26. The Morgan fingerprint density at radius 2 is 2.00 bits per heavy atom. The van der Waals surface area contributed by atoms with Gasteiger partial charge in [-0.2, -0.15) is 0 Å². The number of hydrogen-bond acceptors (Lipinski definition) is 3. The van der Waals surface area contributed by atoms with E-state index in [1.807, 2.05) is 0 Å². The van der Waals surface area contributed by atoms with Crippen LogP contribution in [0.3, 0.4) is 0 Å². The molecule has 1 aromatic carbocycles. The Morgan fingerprint density at radius 1 is 1.29 bits per heavy atom. The molecular formula is C17H20FN3O3. The molecule has 2 saturated heterocycles. The summed E-state index contributed by atoms with van der Waals surface area (Å²) in [6, 6.07) is 5.85. The smallest absolute Gasteiger partial charge is 0.324 e. The summed E-state index contributed by atoms with van der Waals surface area (Å²) in [7, 11) is 1.46. The fourth-order valence-corrected chi connectivity index (χ4v) is 3.33. The van der Waals surface area contributed by atoms with Crippen LogP contribution in [0.25, 0.3) is 0 Å². The highest BCUT2D eigenvalue weighted by Gasteiger charge is 2.51. The highest BCUT2D eigenvalue weighted by atomic mass is 19.1. The van der Waals surface area contributed by atoms with E-state index in [4.69, 9.17) is 0 Å². The Bertz CT molecular complexity index is 683. The van der Waals surface area contributed by atoms with Crippen molar-refractivity contribution in [3.8, 4) is 0 Å². The van der Waals surface area contributed by atoms with Gasteiger partial charge in [-0.1, -0.05) is 12.1 Å². The number of amides is 4. The first-order chi connectivity index (χ1) is 11.4. The van der Waals surface area contributed by atoms with Crippen LogP contribution in [-0.4, -0.2) is 53.3 Å². The second-order valence-electron chi connectivity index (χ2n) is 6.39. The summed E-state index contributed by atoms with van der Waals surface area (Å²) in [4.78, 5) is 39.0. The molecule has 0 saturated carbocycles. The lowest BCUT2D eigenvalue weighted by atomic mass is 9.87. The molecule has 0 atom stereocenters. The molecule has 128 valence electrons. The molecule has 6 nitrogen and oxygen atoms in total. The van der Waals surface area contributed by atoms with E-state index in [0.29, 0.717) is 38.8 Å². The molecule has 0 aromatic heterocycles. The van der Waals surface area contributed by atoms with Crippen molar-refractivity contribution in [3.63, 3.8) is 0 Å². The maximum atomic E-state index is 13.1. The Morgan fingerprint density at radius 3 is 2.58 bits per heavy atom. The molecule has 2 fully saturated rings. The van der Waals surface area contributed by atoms with Crippen LogP contribution >= 0.6 is 0 Å². The van der Waals surface area contributed by atoms with Crippen molar-refractivity contribution in [2.75, 3.05) is 20.1 Å². The van der Waals surface area contributed by atoms with Gasteiger partial charge in [-0.25, -0.2) is 9.18 Å². The van der Waals surface area contributed by atoms with E-state index in [9.17, 15) is 18.8 Å². The van der Waals surface area contributed by atoms with Gasteiger partial charge in [0, 0.05) is 26.6 Å². The number of piperidine rings is 1. The summed E-state index contributed by atoms with van der Waals surface area (Å²) in [5.74, 6) is -0.543. The molecule has 0 bridgehead atoms. The lowest BCUT2D eigenvalue weighted by Crippen LogP contribution is -2.55. The first-order valence-corrected chi connectivity index (χ1v) is 8.04. The zero-order valence-corrected chi connectivity index (χ0v) is 13.5. The van der Waals surface area contributed by atoms with Crippen molar-refractivity contribution >= 4 is 17.8 Å². The zero-order valence-electron chi connectivity index (χ0n) is 13.5. The summed E-state index contributed by atoms with van der Waals surface area (Å²) in [6.07, 6.45) is 1.63. The van der Waals surface area contributed by atoms with Crippen molar-refractivity contribution in [1.29, 1.82) is 0 Å². The maximum Gasteiger partial charge on any atom is 0.324 e. The lowest BCUT2D eigenvalue weighted by molar-refractivity contribution is -0.138. The van der Waals surface area contributed by atoms with Crippen LogP contribution in [-0.2, 0) is 16.0 Å². The minimum Gasteiger partial charge on any atom is -0.342 e. The van der Waals surface area contributed by atoms with Crippen LogP contribution in [0, 0.1) is 5.82 Å². The first kappa shape index (κ1) is 16.4. The van der Waals surface area contributed by atoms with Gasteiger partial charge >= 0.3 is 6.03 Å². The SMILES string of the molecule is CN1C(=O)NC2(CCN(C(=O)CCc3cccc(F)c3)CC2)C1=O. The molecule has 24 heavy (non-hydrogen) atoms. The van der Waals surface area contributed by atoms with E-state index in [1.54, 1.807) is 17.0 Å². The third-order valence-electron chi connectivity index (χ3n) is 4.85. The van der Waals surface area contributed by atoms with Gasteiger partial charge in [-0.3, -0.25) is 14.5 Å². The molecule has 7 heteroatoms. The standard InChI is InChI=1S/C17H20FN3O3/c1-20-15(23)17(19-16(20)24)7-9-21(10-8-17)14(22)6-5-12-3-2-4-13(18)11-12/h2-4,11H,5-10H2,1H3,(H,19,24). The quantitative estimate of drug-likeness (QED) is 0.848. The molecule has 3 rings (SSSR count). The number of aryl methyl sites for hydroxylation is 1. The number of nitrogens with zero attached hydrogens (tertiary/aromatic N) is 2. The van der Waals surface area contributed by atoms with Crippen molar-refractivity contribution < 1.29 is 18.8 Å². The maximum absolute atomic E-state index is 13.1. The second-order valence-corrected chi connectivity index (χ2v) is 6.39. The predicted molar refractivity (Wildman–Crippen MR) is 84.6 cm³/mol. The van der Waals surface area contributed by atoms with Crippen LogP contribution < -0.4 is 5.32 Å². The van der Waals surface area contributed by atoms with Gasteiger partial charge < -0.3 is 10.2 Å². The number of nitrogens with one attached hydrogen (secondary N) is 1. The third kappa shape index (κ3) is 2.98. The zero-order chi connectivity index (χ0) is 17.3. The van der Waals surface area contributed by atoms with Crippen molar-refractivity contribution in [1.82, 2.24) is 15.1 Å². The molecule has 0 aliphatic carbocycles. The van der Waals surface area contributed by atoms with Crippen LogP contribution in [0.1, 0.15) is 24.8 Å². The molecule has 1 spiro atoms. The number of halogens is 1. The summed E-state index contributed by atoms with van der Waals surface area (Å²) in [5.41, 5.74) is -0.0674. The average Bonchev–Trinajstić information content (AvgIpc) is 2.78. The van der Waals surface area contributed by atoms with Crippen LogP contribution in [0.4, 0.5) is 9.18 Å². The van der Waals surface area contributed by atoms with Crippen molar-refractivity contribution in [2.45, 2.75) is 31.2 Å². The van der Waals surface area contributed by atoms with Gasteiger partial charge in [0.05, 0.1) is 0 Å². The van der Waals surface area contributed by atoms with Crippen LogP contribution in [0.2, 0.25) is 0 Å². The molecule has 2 aliphatic heterocycles. The Balaban J connectivity index is 1.54. The Hall–Kier alpha value is -2.44. The fourth-order valence-electron chi connectivity index (χ4n) is 3.33. The van der Waals surface area contributed by atoms with E-state index in [2.05, 4.69) is 5.32 Å². The van der Waals surface area contributed by atoms with Gasteiger partial charge in [0.1, 0.15) is 11.4 Å². The van der Waals surface area contributed by atoms with Crippen LogP contribution in [0.15, 0.2) is 24.3 Å². The molecule has 2 aliphatic rings. The third-order valence-corrected chi connectivity index (χ3v) is 4.85. The number of likely N-dealkylation sites (tertiary alicyclic amines) is 1. The average molecular weight is 333 g/mol. The normalized spacial score (nSPS) is 19.8. The predicted octanol–water partition coefficient (Wildman–Crippen LogP) is 1.30. The number of hydrogen-bond donors (Lipinski definition) is 1. The van der Waals surface area contributed by atoms with E-state index < -0.39 is 5.54 Å².